The predicted octanol–water partition coefficient (Wildman–Crippen LogP) is 1.75. The molecular formula is C14H16F3N3O2. The molecule has 3 N–H and O–H groups in total. The maximum Gasteiger partial charge on any atom is 0.433 e. The van der Waals surface area contributed by atoms with Gasteiger partial charge in [0.2, 0.25) is 0 Å². The molecule has 2 rings (SSSR count). The fourth-order valence-corrected chi connectivity index (χ4v) is 2.16. The molecule has 0 spiro atoms. The van der Waals surface area contributed by atoms with Crippen molar-refractivity contribution < 1.29 is 17.9 Å². The topological polar surface area (TPSA) is 73.0 Å². The summed E-state index contributed by atoms with van der Waals surface area (Å²) in [6.07, 6.45) is -4.74. The van der Waals surface area contributed by atoms with Crippen LogP contribution in [0.3, 0.4) is 0 Å². The number of aromatic nitrogens is 2. The van der Waals surface area contributed by atoms with E-state index < -0.39 is 17.4 Å². The van der Waals surface area contributed by atoms with Crippen molar-refractivity contribution in [2.75, 3.05) is 13.7 Å². The summed E-state index contributed by atoms with van der Waals surface area (Å²) in [5, 5.41) is 2.11. The second-order valence-corrected chi connectivity index (χ2v) is 4.73. The highest BCUT2D eigenvalue weighted by atomic mass is 19.4. The van der Waals surface area contributed by atoms with Crippen molar-refractivity contribution in [2.24, 2.45) is 5.73 Å². The first-order valence-corrected chi connectivity index (χ1v) is 6.58. The Hall–Kier alpha value is -2.22. The number of halogens is 3. The largest absolute Gasteiger partial charge is 0.497 e. The lowest BCUT2D eigenvalue weighted by molar-refractivity contribution is -0.142. The average Bonchev–Trinajstić information content (AvgIpc) is 2.78. The Labute approximate surface area is 124 Å². The number of nitrogens with zero attached hydrogens (tertiary/aromatic N) is 1. The van der Waals surface area contributed by atoms with E-state index in [1.807, 2.05) is 0 Å². The molecule has 2 aromatic rings. The highest BCUT2D eigenvalue weighted by Gasteiger charge is 2.37. The third-order valence-electron chi connectivity index (χ3n) is 3.23. The zero-order chi connectivity index (χ0) is 16.3. The zero-order valence-corrected chi connectivity index (χ0v) is 11.9. The number of rotatable bonds is 5. The van der Waals surface area contributed by atoms with Crippen molar-refractivity contribution in [1.29, 1.82) is 0 Å². The van der Waals surface area contributed by atoms with Gasteiger partial charge in [-0.3, -0.25) is 14.6 Å². The second-order valence-electron chi connectivity index (χ2n) is 4.73. The van der Waals surface area contributed by atoms with E-state index in [1.165, 1.54) is 7.11 Å². The summed E-state index contributed by atoms with van der Waals surface area (Å²) in [7, 11) is 1.49. The van der Waals surface area contributed by atoms with Crippen LogP contribution >= 0.6 is 0 Å². The van der Waals surface area contributed by atoms with E-state index >= 15 is 0 Å². The first-order valence-electron chi connectivity index (χ1n) is 6.58. The summed E-state index contributed by atoms with van der Waals surface area (Å²) in [5.74, 6) is 0.592. The summed E-state index contributed by atoms with van der Waals surface area (Å²) >= 11 is 0. The highest BCUT2D eigenvalue weighted by Crippen LogP contribution is 2.30. The molecule has 0 unspecified atom stereocenters. The van der Waals surface area contributed by atoms with Gasteiger partial charge >= 0.3 is 6.18 Å². The van der Waals surface area contributed by atoms with E-state index in [2.05, 4.69) is 5.10 Å². The van der Waals surface area contributed by atoms with Crippen LogP contribution in [0, 0.1) is 0 Å². The molecule has 0 amide bonds. The molecule has 1 heterocycles. The van der Waals surface area contributed by atoms with Gasteiger partial charge < -0.3 is 10.5 Å². The molecule has 0 saturated carbocycles. The lowest BCUT2D eigenvalue weighted by atomic mass is 10.1. The van der Waals surface area contributed by atoms with E-state index in [0.717, 1.165) is 4.68 Å². The summed E-state index contributed by atoms with van der Waals surface area (Å²) in [6.45, 7) is 0.0736. The second kappa shape index (κ2) is 6.27. The number of benzene rings is 1. The van der Waals surface area contributed by atoms with Crippen LogP contribution in [0.25, 0.3) is 0 Å². The molecule has 0 radical (unpaired) electrons. The Morgan fingerprint density at radius 2 is 1.91 bits per heavy atom. The van der Waals surface area contributed by atoms with Crippen molar-refractivity contribution in [1.82, 2.24) is 9.78 Å². The van der Waals surface area contributed by atoms with Crippen LogP contribution in [-0.4, -0.2) is 23.4 Å². The van der Waals surface area contributed by atoms with Gasteiger partial charge in [-0.15, -0.1) is 0 Å². The van der Waals surface area contributed by atoms with Crippen molar-refractivity contribution in [3.63, 3.8) is 0 Å². The number of aromatic amines is 1. The number of hydrogen-bond donors (Lipinski definition) is 2. The minimum atomic E-state index is -4.62. The first-order chi connectivity index (χ1) is 10.4. The van der Waals surface area contributed by atoms with Gasteiger partial charge in [-0.05, 0) is 17.7 Å². The molecule has 0 saturated heterocycles. The van der Waals surface area contributed by atoms with Crippen molar-refractivity contribution in [2.45, 2.75) is 19.1 Å². The summed E-state index contributed by atoms with van der Waals surface area (Å²) < 4.78 is 45.1. The van der Waals surface area contributed by atoms with E-state index in [9.17, 15) is 18.0 Å². The maximum atomic E-state index is 13.1. The summed E-state index contributed by atoms with van der Waals surface area (Å²) in [4.78, 5) is 12.1. The molecule has 120 valence electrons. The van der Waals surface area contributed by atoms with E-state index in [4.69, 9.17) is 10.5 Å². The fourth-order valence-electron chi connectivity index (χ4n) is 2.16. The number of ether oxygens (including phenoxy) is 1. The summed E-state index contributed by atoms with van der Waals surface area (Å²) in [6, 6.07) is 6.51. The Morgan fingerprint density at radius 3 is 2.41 bits per heavy atom. The molecule has 0 bridgehead atoms. The minimum Gasteiger partial charge on any atom is -0.497 e. The Kier molecular flexibility index (Phi) is 4.60. The Balaban J connectivity index is 2.41. The monoisotopic (exact) mass is 315 g/mol. The molecular weight excluding hydrogens is 299 g/mol. The van der Waals surface area contributed by atoms with Gasteiger partial charge in [-0.1, -0.05) is 12.1 Å². The fraction of sp³-hybridized carbons (Fsp3) is 0.357. The molecule has 0 fully saturated rings. The number of hydrogen-bond acceptors (Lipinski definition) is 3. The number of nitrogens with two attached hydrogens (primary N) is 1. The van der Waals surface area contributed by atoms with Crippen LogP contribution in [0.15, 0.2) is 29.1 Å². The quantitative estimate of drug-likeness (QED) is 0.883. The molecule has 1 aromatic carbocycles. The molecule has 5 nitrogen and oxygen atoms in total. The molecule has 0 aliphatic rings. The van der Waals surface area contributed by atoms with Gasteiger partial charge in [0.05, 0.1) is 19.2 Å². The lowest BCUT2D eigenvalue weighted by Gasteiger charge is -2.07. The molecule has 1 aromatic heterocycles. The number of nitrogens with one attached hydrogen (secondary N) is 1. The zero-order valence-electron chi connectivity index (χ0n) is 11.9. The van der Waals surface area contributed by atoms with E-state index in [-0.39, 0.29) is 25.1 Å². The van der Waals surface area contributed by atoms with Gasteiger partial charge in [-0.25, -0.2) is 0 Å². The normalized spacial score (nSPS) is 11.7. The van der Waals surface area contributed by atoms with Crippen molar-refractivity contribution in [3.05, 3.63) is 51.4 Å². The SMILES string of the molecule is COc1ccc(Cc2c(C(F)(F)F)[nH]n(CCN)c2=O)cc1. The number of methoxy groups -OCH3 is 1. The highest BCUT2D eigenvalue weighted by molar-refractivity contribution is 5.33. The van der Waals surface area contributed by atoms with Gasteiger partial charge in [0.1, 0.15) is 11.4 Å². The first kappa shape index (κ1) is 16.2. The molecule has 0 aliphatic carbocycles. The van der Waals surface area contributed by atoms with Gasteiger partial charge in [-0.2, -0.15) is 13.2 Å². The van der Waals surface area contributed by atoms with Crippen molar-refractivity contribution >= 4 is 0 Å². The van der Waals surface area contributed by atoms with Crippen LogP contribution < -0.4 is 16.0 Å². The Bertz CT molecular complexity index is 687. The molecule has 22 heavy (non-hydrogen) atoms. The van der Waals surface area contributed by atoms with Gasteiger partial charge in [0.25, 0.3) is 5.56 Å². The van der Waals surface area contributed by atoms with E-state index in [1.54, 1.807) is 24.3 Å². The maximum absolute atomic E-state index is 13.1. The number of alkyl halides is 3. The third kappa shape index (κ3) is 3.33. The predicted molar refractivity (Wildman–Crippen MR) is 74.9 cm³/mol. The van der Waals surface area contributed by atoms with Crippen molar-refractivity contribution in [3.8, 4) is 5.75 Å². The molecule has 0 aliphatic heterocycles. The third-order valence-corrected chi connectivity index (χ3v) is 3.23. The standard InChI is InChI=1S/C14H16F3N3O2/c1-22-10-4-2-9(3-5-10)8-11-12(14(15,16)17)19-20(7-6-18)13(11)21/h2-5,19H,6-8,18H2,1H3. The van der Waals surface area contributed by atoms with Crippen LogP contribution in [-0.2, 0) is 19.1 Å². The van der Waals surface area contributed by atoms with E-state index in [0.29, 0.717) is 11.3 Å². The average molecular weight is 315 g/mol. The smallest absolute Gasteiger partial charge is 0.433 e. The summed E-state index contributed by atoms with van der Waals surface area (Å²) in [5.41, 5.74) is 3.85. The van der Waals surface area contributed by atoms with Crippen LogP contribution in [0.1, 0.15) is 16.8 Å². The van der Waals surface area contributed by atoms with Crippen LogP contribution in [0.4, 0.5) is 13.2 Å². The van der Waals surface area contributed by atoms with Gasteiger partial charge in [0, 0.05) is 13.0 Å². The molecule has 8 heteroatoms. The van der Waals surface area contributed by atoms with Crippen LogP contribution in [0.5, 0.6) is 5.75 Å². The van der Waals surface area contributed by atoms with Crippen LogP contribution in [0.2, 0.25) is 0 Å². The number of H-pyrrole nitrogens is 1. The lowest BCUT2D eigenvalue weighted by Crippen LogP contribution is -2.23. The molecule has 0 atom stereocenters. The van der Waals surface area contributed by atoms with Gasteiger partial charge in [0.15, 0.2) is 0 Å². The minimum absolute atomic E-state index is 0.00449. The Morgan fingerprint density at radius 1 is 1.27 bits per heavy atom.